The van der Waals surface area contributed by atoms with Gasteiger partial charge < -0.3 is 20.3 Å². The molecule has 2 amide bonds. The number of hydrogen-bond donors (Lipinski definition) is 3. The third-order valence-corrected chi connectivity index (χ3v) is 4.49. The highest BCUT2D eigenvalue weighted by Crippen LogP contribution is 2.22. The highest BCUT2D eigenvalue weighted by atomic mass is 16.5. The monoisotopic (exact) mass is 370 g/mol. The number of likely N-dealkylation sites (N-methyl/N-ethyl adjacent to an activating group) is 1. The molecule has 2 aromatic rings. The molecule has 1 unspecified atom stereocenters. The maximum Gasteiger partial charge on any atom is 0.279 e. The number of nitrogens with one attached hydrogen (secondary N) is 3. The van der Waals surface area contributed by atoms with Gasteiger partial charge in [-0.2, -0.15) is 0 Å². The number of benzene rings is 2. The maximum atomic E-state index is 12.4. The van der Waals surface area contributed by atoms with Gasteiger partial charge in [-0.3, -0.25) is 9.59 Å². The molecule has 27 heavy (non-hydrogen) atoms. The van der Waals surface area contributed by atoms with E-state index in [-0.39, 0.29) is 24.9 Å². The van der Waals surface area contributed by atoms with Crippen molar-refractivity contribution in [3.63, 3.8) is 0 Å². The second-order valence-corrected chi connectivity index (χ2v) is 6.55. The van der Waals surface area contributed by atoms with E-state index in [1.165, 1.54) is 5.56 Å². The first-order chi connectivity index (χ1) is 12.9. The molecule has 2 rings (SSSR count). The molecule has 0 aliphatic rings. The lowest BCUT2D eigenvalue weighted by molar-refractivity contribution is -0.881. The number of ether oxygens (including phenoxy) is 1. The Balaban J connectivity index is 1.91. The normalized spacial score (nSPS) is 11.6. The lowest BCUT2D eigenvalue weighted by Gasteiger charge is -2.17. The van der Waals surface area contributed by atoms with Crippen molar-refractivity contribution in [3.05, 3.63) is 53.6 Å². The van der Waals surface area contributed by atoms with Gasteiger partial charge >= 0.3 is 0 Å². The Morgan fingerprint density at radius 2 is 1.63 bits per heavy atom. The van der Waals surface area contributed by atoms with Crippen LogP contribution in [0, 0.1) is 13.8 Å². The average Bonchev–Trinajstić information content (AvgIpc) is 2.64. The van der Waals surface area contributed by atoms with Crippen LogP contribution in [0.3, 0.4) is 0 Å². The van der Waals surface area contributed by atoms with Gasteiger partial charge in [0, 0.05) is 5.69 Å². The average molecular weight is 370 g/mol. The first kappa shape index (κ1) is 20.5. The Morgan fingerprint density at radius 3 is 2.26 bits per heavy atom. The molecule has 0 fully saturated rings. The zero-order valence-electron chi connectivity index (χ0n) is 16.4. The fourth-order valence-corrected chi connectivity index (χ4v) is 2.73. The first-order valence-electron chi connectivity index (χ1n) is 9.06. The van der Waals surface area contributed by atoms with E-state index < -0.39 is 0 Å². The quantitative estimate of drug-likeness (QED) is 0.663. The fraction of sp³-hybridized carbons (Fsp3) is 0.333. The second-order valence-electron chi connectivity index (χ2n) is 6.55. The third-order valence-electron chi connectivity index (χ3n) is 4.49. The van der Waals surface area contributed by atoms with Crippen LogP contribution in [0.5, 0.6) is 5.75 Å². The minimum Gasteiger partial charge on any atom is -0.495 e. The van der Waals surface area contributed by atoms with Crippen molar-refractivity contribution in [1.29, 1.82) is 0 Å². The summed E-state index contributed by atoms with van der Waals surface area (Å²) in [4.78, 5) is 25.6. The first-order valence-corrected chi connectivity index (χ1v) is 9.06. The Hall–Kier alpha value is -2.86. The molecule has 0 aromatic heterocycles. The number of para-hydroxylation sites is 2. The Labute approximate surface area is 160 Å². The number of aryl methyl sites for hydroxylation is 2. The summed E-state index contributed by atoms with van der Waals surface area (Å²) < 4.78 is 5.24. The van der Waals surface area contributed by atoms with E-state index in [4.69, 9.17) is 4.74 Å². The lowest BCUT2D eigenvalue weighted by atomic mass is 10.1. The SMILES string of the molecule is CC[NH+](CC(=O)Nc1ccc(C)c(C)c1)CC(=O)Nc1ccccc1OC. The molecule has 0 radical (unpaired) electrons. The minimum absolute atomic E-state index is 0.111. The standard InChI is InChI=1S/C21H27N3O3/c1-5-24(13-20(25)22-17-11-10-15(2)16(3)12-17)14-21(26)23-18-8-6-7-9-19(18)27-4/h6-12H,5,13-14H2,1-4H3,(H,22,25)(H,23,26)/p+1. The molecule has 6 nitrogen and oxygen atoms in total. The number of carbonyl (C=O) groups is 2. The van der Waals surface area contributed by atoms with Crippen molar-refractivity contribution in [2.45, 2.75) is 20.8 Å². The van der Waals surface area contributed by atoms with E-state index in [1.807, 2.05) is 51.1 Å². The van der Waals surface area contributed by atoms with Crippen LogP contribution in [0.2, 0.25) is 0 Å². The van der Waals surface area contributed by atoms with E-state index in [2.05, 4.69) is 10.6 Å². The van der Waals surface area contributed by atoms with Crippen molar-refractivity contribution in [2.24, 2.45) is 0 Å². The molecule has 144 valence electrons. The maximum absolute atomic E-state index is 12.4. The molecule has 2 aromatic carbocycles. The zero-order chi connectivity index (χ0) is 19.8. The molecule has 0 saturated carbocycles. The summed E-state index contributed by atoms with van der Waals surface area (Å²) in [7, 11) is 1.56. The molecule has 0 heterocycles. The van der Waals surface area contributed by atoms with Crippen LogP contribution in [0.15, 0.2) is 42.5 Å². The van der Waals surface area contributed by atoms with Crippen LogP contribution < -0.4 is 20.3 Å². The number of quaternary nitrogens is 1. The van der Waals surface area contributed by atoms with E-state index in [9.17, 15) is 9.59 Å². The molecule has 0 spiro atoms. The summed E-state index contributed by atoms with van der Waals surface area (Å²) in [5, 5.41) is 5.75. The Bertz CT molecular complexity index is 805. The molecule has 6 heteroatoms. The molecular formula is C21H28N3O3+. The predicted octanol–water partition coefficient (Wildman–Crippen LogP) is 1.79. The van der Waals surface area contributed by atoms with Crippen LogP contribution in [-0.2, 0) is 9.59 Å². The topological polar surface area (TPSA) is 71.9 Å². The zero-order valence-corrected chi connectivity index (χ0v) is 16.4. The lowest BCUT2D eigenvalue weighted by Crippen LogP contribution is -3.13. The number of methoxy groups -OCH3 is 1. The van der Waals surface area contributed by atoms with E-state index in [0.29, 0.717) is 18.0 Å². The number of hydrogen-bond acceptors (Lipinski definition) is 3. The summed E-state index contributed by atoms with van der Waals surface area (Å²) in [5.41, 5.74) is 3.71. The fourth-order valence-electron chi connectivity index (χ4n) is 2.73. The highest BCUT2D eigenvalue weighted by Gasteiger charge is 2.18. The van der Waals surface area contributed by atoms with Crippen molar-refractivity contribution >= 4 is 23.2 Å². The Morgan fingerprint density at radius 1 is 0.963 bits per heavy atom. The van der Waals surface area contributed by atoms with Crippen molar-refractivity contribution < 1.29 is 19.2 Å². The van der Waals surface area contributed by atoms with Crippen molar-refractivity contribution in [2.75, 3.05) is 37.4 Å². The van der Waals surface area contributed by atoms with Gasteiger partial charge in [-0.15, -0.1) is 0 Å². The molecule has 0 saturated heterocycles. The van der Waals surface area contributed by atoms with Crippen molar-refractivity contribution in [3.8, 4) is 5.75 Å². The number of rotatable bonds is 8. The van der Waals surface area contributed by atoms with Gasteiger partial charge in [-0.05, 0) is 56.2 Å². The second kappa shape index (κ2) is 9.73. The van der Waals surface area contributed by atoms with Crippen LogP contribution in [0.25, 0.3) is 0 Å². The summed E-state index contributed by atoms with van der Waals surface area (Å²) in [6, 6.07) is 13.1. The van der Waals surface area contributed by atoms with Crippen LogP contribution in [-0.4, -0.2) is 38.6 Å². The highest BCUT2D eigenvalue weighted by molar-refractivity contribution is 5.94. The van der Waals surface area contributed by atoms with Crippen LogP contribution >= 0.6 is 0 Å². The number of amides is 2. The molecule has 0 aliphatic heterocycles. The Kier molecular flexibility index (Phi) is 7.37. The van der Waals surface area contributed by atoms with Gasteiger partial charge in [0.25, 0.3) is 11.8 Å². The smallest absolute Gasteiger partial charge is 0.279 e. The van der Waals surface area contributed by atoms with Gasteiger partial charge in [-0.25, -0.2) is 0 Å². The van der Waals surface area contributed by atoms with E-state index in [1.54, 1.807) is 19.2 Å². The molecule has 3 N–H and O–H groups in total. The van der Waals surface area contributed by atoms with Gasteiger partial charge in [0.1, 0.15) is 5.75 Å². The summed E-state index contributed by atoms with van der Waals surface area (Å²) in [6.45, 7) is 7.09. The third kappa shape index (κ3) is 6.11. The summed E-state index contributed by atoms with van der Waals surface area (Å²) in [6.07, 6.45) is 0. The van der Waals surface area contributed by atoms with Gasteiger partial charge in [0.05, 0.1) is 19.3 Å². The van der Waals surface area contributed by atoms with Gasteiger partial charge in [0.2, 0.25) is 0 Å². The van der Waals surface area contributed by atoms with Gasteiger partial charge in [-0.1, -0.05) is 18.2 Å². The van der Waals surface area contributed by atoms with Gasteiger partial charge in [0.15, 0.2) is 13.1 Å². The molecule has 0 aliphatic carbocycles. The summed E-state index contributed by atoms with van der Waals surface area (Å²) >= 11 is 0. The predicted molar refractivity (Wildman–Crippen MR) is 107 cm³/mol. The van der Waals surface area contributed by atoms with Crippen molar-refractivity contribution in [1.82, 2.24) is 0 Å². The molecule has 1 atom stereocenters. The largest absolute Gasteiger partial charge is 0.495 e. The minimum atomic E-state index is -0.157. The van der Waals surface area contributed by atoms with E-state index >= 15 is 0 Å². The molecule has 0 bridgehead atoms. The molecular weight excluding hydrogens is 342 g/mol. The number of carbonyl (C=O) groups excluding carboxylic acids is 2. The van der Waals surface area contributed by atoms with E-state index in [0.717, 1.165) is 16.2 Å². The number of anilines is 2. The summed E-state index contributed by atoms with van der Waals surface area (Å²) in [5.74, 6) is 0.340. The van der Waals surface area contributed by atoms with Crippen LogP contribution in [0.4, 0.5) is 11.4 Å². The van der Waals surface area contributed by atoms with Crippen LogP contribution in [0.1, 0.15) is 18.1 Å².